The van der Waals surface area contributed by atoms with Crippen molar-refractivity contribution >= 4 is 21.6 Å². The highest BCUT2D eigenvalue weighted by Gasteiger charge is 2.25. The summed E-state index contributed by atoms with van der Waals surface area (Å²) in [6.07, 6.45) is 1.02. The zero-order chi connectivity index (χ0) is 16.0. The molecule has 0 radical (unpaired) electrons. The van der Waals surface area contributed by atoms with E-state index in [0.29, 0.717) is 23.0 Å². The Kier molecular flexibility index (Phi) is 7.13. The third-order valence-corrected chi connectivity index (χ3v) is 5.77. The molecule has 120 valence electrons. The highest BCUT2D eigenvalue weighted by Crippen LogP contribution is 2.24. The molecule has 4 nitrogen and oxygen atoms in total. The van der Waals surface area contributed by atoms with E-state index in [2.05, 4.69) is 12.2 Å². The molecule has 0 amide bonds. The Balaban J connectivity index is 3.10. The van der Waals surface area contributed by atoms with E-state index in [-0.39, 0.29) is 6.04 Å². The number of sulfonamides is 1. The van der Waals surface area contributed by atoms with Crippen LogP contribution < -0.4 is 5.32 Å². The monoisotopic (exact) mass is 332 g/mol. The molecule has 1 N–H and O–H groups in total. The van der Waals surface area contributed by atoms with Gasteiger partial charge in [-0.2, -0.15) is 4.31 Å². The second-order valence-corrected chi connectivity index (χ2v) is 7.53. The first-order chi connectivity index (χ1) is 9.84. The summed E-state index contributed by atoms with van der Waals surface area (Å²) in [7, 11) is -3.47. The maximum absolute atomic E-state index is 12.7. The van der Waals surface area contributed by atoms with Crippen LogP contribution in [-0.4, -0.2) is 31.9 Å². The Morgan fingerprint density at radius 1 is 1.29 bits per heavy atom. The summed E-state index contributed by atoms with van der Waals surface area (Å²) in [5.41, 5.74) is 0.811. The molecule has 0 heterocycles. The summed E-state index contributed by atoms with van der Waals surface area (Å²) in [6, 6.07) is 4.83. The topological polar surface area (TPSA) is 49.4 Å². The van der Waals surface area contributed by atoms with Crippen LogP contribution in [0.4, 0.5) is 0 Å². The van der Waals surface area contributed by atoms with Crippen LogP contribution >= 0.6 is 11.6 Å². The lowest BCUT2D eigenvalue weighted by Crippen LogP contribution is -2.36. The lowest BCUT2D eigenvalue weighted by Gasteiger charge is -2.24. The minimum Gasteiger partial charge on any atom is -0.313 e. The summed E-state index contributed by atoms with van der Waals surface area (Å²) in [6.45, 7) is 9.58. The number of nitrogens with zero attached hydrogens (tertiary/aromatic N) is 1. The van der Waals surface area contributed by atoms with Gasteiger partial charge in [0.1, 0.15) is 0 Å². The van der Waals surface area contributed by atoms with Crippen LogP contribution in [0.15, 0.2) is 23.1 Å². The quantitative estimate of drug-likeness (QED) is 0.743. The van der Waals surface area contributed by atoms with Gasteiger partial charge in [0, 0.05) is 24.2 Å². The number of rotatable bonds is 8. The highest BCUT2D eigenvalue weighted by molar-refractivity contribution is 7.89. The van der Waals surface area contributed by atoms with Gasteiger partial charge < -0.3 is 5.32 Å². The lowest BCUT2D eigenvalue weighted by atomic mass is 10.2. The molecule has 0 aliphatic rings. The van der Waals surface area contributed by atoms with Gasteiger partial charge in [-0.15, -0.1) is 0 Å². The molecule has 0 atom stereocenters. The number of benzene rings is 1. The Morgan fingerprint density at radius 2 is 1.95 bits per heavy atom. The Morgan fingerprint density at radius 3 is 2.48 bits per heavy atom. The molecule has 0 saturated carbocycles. The lowest BCUT2D eigenvalue weighted by molar-refractivity contribution is 0.369. The van der Waals surface area contributed by atoms with Crippen LogP contribution in [0.3, 0.4) is 0 Å². The smallest absolute Gasteiger partial charge is 0.243 e. The minimum absolute atomic E-state index is 0.0719. The average molecular weight is 333 g/mol. The number of halogens is 1. The molecule has 0 aliphatic carbocycles. The fourth-order valence-electron chi connectivity index (χ4n) is 2.19. The molecule has 0 aromatic heterocycles. The first-order valence-corrected chi connectivity index (χ1v) is 9.17. The van der Waals surface area contributed by atoms with Crippen molar-refractivity contribution in [1.82, 2.24) is 9.62 Å². The molecule has 21 heavy (non-hydrogen) atoms. The molecule has 0 saturated heterocycles. The Hall–Kier alpha value is -0.620. The standard InChI is InChI=1S/C15H25ClN2O2S/c1-5-9-17-11-13-10-14(7-8-15(13)16)21(19,20)18(6-2)12(3)4/h7-8,10,12,17H,5-6,9,11H2,1-4H3. The third kappa shape index (κ3) is 4.68. The second kappa shape index (κ2) is 8.13. The predicted molar refractivity (Wildman–Crippen MR) is 88.2 cm³/mol. The molecule has 1 rings (SSSR count). The van der Waals surface area contributed by atoms with Crippen LogP contribution in [0.25, 0.3) is 0 Å². The van der Waals surface area contributed by atoms with E-state index in [1.165, 1.54) is 4.31 Å². The van der Waals surface area contributed by atoms with E-state index < -0.39 is 10.0 Å². The van der Waals surface area contributed by atoms with Crippen molar-refractivity contribution in [2.45, 2.75) is 51.6 Å². The second-order valence-electron chi connectivity index (χ2n) is 5.23. The van der Waals surface area contributed by atoms with Crippen molar-refractivity contribution in [3.05, 3.63) is 28.8 Å². The Bertz CT molecular complexity index is 559. The van der Waals surface area contributed by atoms with Crippen molar-refractivity contribution < 1.29 is 8.42 Å². The fraction of sp³-hybridized carbons (Fsp3) is 0.600. The van der Waals surface area contributed by atoms with E-state index in [1.54, 1.807) is 18.2 Å². The van der Waals surface area contributed by atoms with Gasteiger partial charge in [0.15, 0.2) is 0 Å². The molecule has 0 fully saturated rings. The van der Waals surface area contributed by atoms with Crippen LogP contribution in [0.5, 0.6) is 0 Å². The van der Waals surface area contributed by atoms with Gasteiger partial charge in [-0.05, 0) is 50.6 Å². The van der Waals surface area contributed by atoms with Gasteiger partial charge >= 0.3 is 0 Å². The SMILES string of the molecule is CCCNCc1cc(S(=O)(=O)N(CC)C(C)C)ccc1Cl. The van der Waals surface area contributed by atoms with Crippen LogP contribution in [0, 0.1) is 0 Å². The number of nitrogens with one attached hydrogen (secondary N) is 1. The zero-order valence-corrected chi connectivity index (χ0v) is 14.8. The van der Waals surface area contributed by atoms with Crippen molar-refractivity contribution in [2.24, 2.45) is 0 Å². The molecule has 0 bridgehead atoms. The van der Waals surface area contributed by atoms with Crippen LogP contribution in [0.2, 0.25) is 5.02 Å². The van der Waals surface area contributed by atoms with Crippen molar-refractivity contribution in [1.29, 1.82) is 0 Å². The van der Waals surface area contributed by atoms with E-state index >= 15 is 0 Å². The number of hydrogen-bond acceptors (Lipinski definition) is 3. The predicted octanol–water partition coefficient (Wildman–Crippen LogP) is 3.26. The van der Waals surface area contributed by atoms with Crippen molar-refractivity contribution in [2.75, 3.05) is 13.1 Å². The van der Waals surface area contributed by atoms with Gasteiger partial charge in [0.25, 0.3) is 0 Å². The minimum atomic E-state index is -3.47. The summed E-state index contributed by atoms with van der Waals surface area (Å²) >= 11 is 6.15. The molecule has 0 spiro atoms. The maximum atomic E-state index is 12.7. The van der Waals surface area contributed by atoms with Gasteiger partial charge in [0.2, 0.25) is 10.0 Å². The summed E-state index contributed by atoms with van der Waals surface area (Å²) in [5, 5.41) is 3.83. The summed E-state index contributed by atoms with van der Waals surface area (Å²) < 4.78 is 26.8. The first kappa shape index (κ1) is 18.4. The molecular formula is C15H25ClN2O2S. The summed E-state index contributed by atoms with van der Waals surface area (Å²) in [5.74, 6) is 0. The Labute approximate surface area is 133 Å². The van der Waals surface area contributed by atoms with E-state index in [1.807, 2.05) is 20.8 Å². The third-order valence-electron chi connectivity index (χ3n) is 3.25. The normalized spacial score (nSPS) is 12.3. The zero-order valence-electron chi connectivity index (χ0n) is 13.2. The van der Waals surface area contributed by atoms with Crippen molar-refractivity contribution in [3.8, 4) is 0 Å². The van der Waals surface area contributed by atoms with Crippen molar-refractivity contribution in [3.63, 3.8) is 0 Å². The highest BCUT2D eigenvalue weighted by atomic mass is 35.5. The van der Waals surface area contributed by atoms with Gasteiger partial charge in [-0.25, -0.2) is 8.42 Å². The first-order valence-electron chi connectivity index (χ1n) is 7.35. The van der Waals surface area contributed by atoms with Crippen LogP contribution in [-0.2, 0) is 16.6 Å². The van der Waals surface area contributed by atoms with Gasteiger partial charge in [-0.1, -0.05) is 25.4 Å². The molecule has 0 aliphatic heterocycles. The molecule has 6 heteroatoms. The molecule has 0 unspecified atom stereocenters. The number of hydrogen-bond donors (Lipinski definition) is 1. The van der Waals surface area contributed by atoms with E-state index in [0.717, 1.165) is 18.5 Å². The van der Waals surface area contributed by atoms with E-state index in [9.17, 15) is 8.42 Å². The summed E-state index contributed by atoms with van der Waals surface area (Å²) in [4.78, 5) is 0.302. The van der Waals surface area contributed by atoms with Gasteiger partial charge in [0.05, 0.1) is 4.90 Å². The van der Waals surface area contributed by atoms with E-state index in [4.69, 9.17) is 11.6 Å². The molecule has 1 aromatic rings. The fourth-order valence-corrected chi connectivity index (χ4v) is 4.08. The average Bonchev–Trinajstić information content (AvgIpc) is 2.40. The maximum Gasteiger partial charge on any atom is 0.243 e. The van der Waals surface area contributed by atoms with Crippen LogP contribution in [0.1, 0.15) is 39.7 Å². The molecular weight excluding hydrogens is 308 g/mol. The largest absolute Gasteiger partial charge is 0.313 e. The molecule has 1 aromatic carbocycles. The van der Waals surface area contributed by atoms with Gasteiger partial charge in [-0.3, -0.25) is 0 Å².